The summed E-state index contributed by atoms with van der Waals surface area (Å²) < 4.78 is 6.17. The standard InChI is InChI=1S/C25H23ClN2O3S/c1-2-32-23-9-4-3-8-21(23)31-22-13-16(10-11-20(22)26)18-14-24(29)28(15-18)19-7-5-6-17(12-19)25(27)30/h3-13,18H,2,14-15H2,1H3,(H2,27,30)/t18-/m0/s1. The van der Waals surface area contributed by atoms with Crippen LogP contribution in [0.25, 0.3) is 0 Å². The molecule has 7 heteroatoms. The second-order valence-corrected chi connectivity index (χ2v) is 9.20. The molecule has 1 atom stereocenters. The van der Waals surface area contributed by atoms with E-state index in [2.05, 4.69) is 6.92 Å². The van der Waals surface area contributed by atoms with Crippen LogP contribution in [0.15, 0.2) is 71.6 Å². The van der Waals surface area contributed by atoms with E-state index in [0.29, 0.717) is 35.0 Å². The summed E-state index contributed by atoms with van der Waals surface area (Å²) in [6.07, 6.45) is 0.365. The van der Waals surface area contributed by atoms with Crippen molar-refractivity contribution in [3.05, 3.63) is 82.9 Å². The summed E-state index contributed by atoms with van der Waals surface area (Å²) in [6, 6.07) is 20.4. The van der Waals surface area contributed by atoms with Crippen LogP contribution in [0.2, 0.25) is 5.02 Å². The first-order valence-corrected chi connectivity index (χ1v) is 11.7. The monoisotopic (exact) mass is 466 g/mol. The van der Waals surface area contributed by atoms with Gasteiger partial charge in [-0.3, -0.25) is 9.59 Å². The maximum atomic E-state index is 12.7. The number of thioether (sulfide) groups is 1. The lowest BCUT2D eigenvalue weighted by Crippen LogP contribution is -2.24. The molecule has 0 aliphatic carbocycles. The smallest absolute Gasteiger partial charge is 0.248 e. The molecule has 1 heterocycles. The lowest BCUT2D eigenvalue weighted by atomic mass is 9.98. The molecule has 3 aromatic rings. The summed E-state index contributed by atoms with van der Waals surface area (Å²) in [5.74, 6) is 1.72. The highest BCUT2D eigenvalue weighted by Crippen LogP contribution is 2.39. The van der Waals surface area contributed by atoms with Gasteiger partial charge in [-0.05, 0) is 53.8 Å². The number of hydrogen-bond donors (Lipinski definition) is 1. The number of nitrogens with zero attached hydrogens (tertiary/aromatic N) is 1. The fourth-order valence-corrected chi connectivity index (χ4v) is 4.68. The van der Waals surface area contributed by atoms with Crippen molar-refractivity contribution >= 4 is 40.9 Å². The minimum Gasteiger partial charge on any atom is -0.455 e. The first kappa shape index (κ1) is 22.2. The van der Waals surface area contributed by atoms with Crippen LogP contribution in [0.4, 0.5) is 5.69 Å². The highest BCUT2D eigenvalue weighted by molar-refractivity contribution is 7.99. The molecule has 2 N–H and O–H groups in total. The predicted octanol–water partition coefficient (Wildman–Crippen LogP) is 5.86. The first-order valence-electron chi connectivity index (χ1n) is 10.4. The van der Waals surface area contributed by atoms with E-state index in [1.807, 2.05) is 48.5 Å². The molecule has 4 rings (SSSR count). The van der Waals surface area contributed by atoms with Crippen molar-refractivity contribution in [1.82, 2.24) is 0 Å². The van der Waals surface area contributed by atoms with Gasteiger partial charge in [-0.1, -0.05) is 42.8 Å². The average molecular weight is 467 g/mol. The zero-order valence-corrected chi connectivity index (χ0v) is 19.2. The number of carbonyl (C=O) groups excluding carboxylic acids is 2. The Balaban J connectivity index is 1.57. The van der Waals surface area contributed by atoms with E-state index in [1.165, 1.54) is 0 Å². The summed E-state index contributed by atoms with van der Waals surface area (Å²) in [5, 5.41) is 0.514. The van der Waals surface area contributed by atoms with E-state index < -0.39 is 5.91 Å². The van der Waals surface area contributed by atoms with E-state index in [9.17, 15) is 9.59 Å². The Bertz CT molecular complexity index is 1170. The summed E-state index contributed by atoms with van der Waals surface area (Å²) in [4.78, 5) is 27.0. The Morgan fingerprint density at radius 1 is 1.12 bits per heavy atom. The molecular formula is C25H23ClN2O3S. The molecule has 3 aromatic carbocycles. The van der Waals surface area contributed by atoms with Gasteiger partial charge in [-0.25, -0.2) is 0 Å². The number of benzene rings is 3. The SMILES string of the molecule is CCSc1ccccc1Oc1cc([C@H]2CC(=O)N(c3cccc(C(N)=O)c3)C2)ccc1Cl. The van der Waals surface area contributed by atoms with Crippen molar-refractivity contribution in [3.8, 4) is 11.5 Å². The van der Waals surface area contributed by atoms with Crippen LogP contribution in [0.5, 0.6) is 11.5 Å². The number of halogens is 1. The van der Waals surface area contributed by atoms with Crippen LogP contribution in [0.3, 0.4) is 0 Å². The molecule has 1 fully saturated rings. The fraction of sp³-hybridized carbons (Fsp3) is 0.200. The van der Waals surface area contributed by atoms with Gasteiger partial charge in [0, 0.05) is 30.1 Å². The number of hydrogen-bond acceptors (Lipinski definition) is 4. The van der Waals surface area contributed by atoms with Crippen molar-refractivity contribution in [2.45, 2.75) is 24.2 Å². The molecular weight excluding hydrogens is 444 g/mol. The summed E-state index contributed by atoms with van der Waals surface area (Å²) in [6.45, 7) is 2.60. The predicted molar refractivity (Wildman–Crippen MR) is 129 cm³/mol. The third-order valence-electron chi connectivity index (χ3n) is 5.36. The summed E-state index contributed by atoms with van der Waals surface area (Å²) in [5.41, 5.74) is 7.42. The Kier molecular flexibility index (Phi) is 6.72. The Hall–Kier alpha value is -2.96. The lowest BCUT2D eigenvalue weighted by molar-refractivity contribution is -0.117. The quantitative estimate of drug-likeness (QED) is 0.442. The normalized spacial score (nSPS) is 15.8. The van der Waals surface area contributed by atoms with Gasteiger partial charge in [-0.15, -0.1) is 11.8 Å². The van der Waals surface area contributed by atoms with Crippen LogP contribution in [-0.4, -0.2) is 24.1 Å². The zero-order valence-electron chi connectivity index (χ0n) is 17.6. The van der Waals surface area contributed by atoms with Crippen LogP contribution >= 0.6 is 23.4 Å². The van der Waals surface area contributed by atoms with E-state index in [1.54, 1.807) is 34.9 Å². The van der Waals surface area contributed by atoms with Gasteiger partial charge in [0.05, 0.1) is 9.92 Å². The number of nitrogens with two attached hydrogens (primary N) is 1. The molecule has 5 nitrogen and oxygen atoms in total. The van der Waals surface area contributed by atoms with E-state index >= 15 is 0 Å². The van der Waals surface area contributed by atoms with Crippen molar-refractivity contribution < 1.29 is 14.3 Å². The van der Waals surface area contributed by atoms with Crippen LogP contribution in [0, 0.1) is 0 Å². The molecule has 0 bridgehead atoms. The zero-order chi connectivity index (χ0) is 22.7. The second kappa shape index (κ2) is 9.67. The van der Waals surface area contributed by atoms with Crippen molar-refractivity contribution in [1.29, 1.82) is 0 Å². The highest BCUT2D eigenvalue weighted by atomic mass is 35.5. The number of para-hydroxylation sites is 1. The largest absolute Gasteiger partial charge is 0.455 e. The van der Waals surface area contributed by atoms with E-state index in [4.69, 9.17) is 22.1 Å². The molecule has 0 unspecified atom stereocenters. The second-order valence-electron chi connectivity index (χ2n) is 7.49. The van der Waals surface area contributed by atoms with Gasteiger partial charge < -0.3 is 15.4 Å². The lowest BCUT2D eigenvalue weighted by Gasteiger charge is -2.18. The molecule has 0 saturated carbocycles. The minimum atomic E-state index is -0.518. The van der Waals surface area contributed by atoms with Crippen LogP contribution < -0.4 is 15.4 Å². The number of ether oxygens (including phenoxy) is 1. The van der Waals surface area contributed by atoms with Crippen LogP contribution in [-0.2, 0) is 4.79 Å². The maximum Gasteiger partial charge on any atom is 0.248 e. The summed E-state index contributed by atoms with van der Waals surface area (Å²) in [7, 11) is 0. The molecule has 0 radical (unpaired) electrons. The molecule has 1 aliphatic heterocycles. The number of carbonyl (C=O) groups is 2. The number of anilines is 1. The molecule has 164 valence electrons. The molecule has 0 spiro atoms. The molecule has 32 heavy (non-hydrogen) atoms. The first-order chi connectivity index (χ1) is 15.5. The summed E-state index contributed by atoms with van der Waals surface area (Å²) >= 11 is 8.14. The Morgan fingerprint density at radius 2 is 1.94 bits per heavy atom. The topological polar surface area (TPSA) is 72.6 Å². The third-order valence-corrected chi connectivity index (χ3v) is 6.61. The number of primary amides is 1. The van der Waals surface area contributed by atoms with Crippen molar-refractivity contribution in [2.75, 3.05) is 17.2 Å². The van der Waals surface area contributed by atoms with Crippen molar-refractivity contribution in [2.24, 2.45) is 5.73 Å². The van der Waals surface area contributed by atoms with Gasteiger partial charge in [0.25, 0.3) is 0 Å². The number of amides is 2. The van der Waals surface area contributed by atoms with Gasteiger partial charge in [0.15, 0.2) is 0 Å². The maximum absolute atomic E-state index is 12.7. The Morgan fingerprint density at radius 3 is 2.72 bits per heavy atom. The highest BCUT2D eigenvalue weighted by Gasteiger charge is 2.32. The van der Waals surface area contributed by atoms with Gasteiger partial charge in [0.1, 0.15) is 11.5 Å². The Labute approximate surface area is 196 Å². The average Bonchev–Trinajstić information content (AvgIpc) is 3.18. The van der Waals surface area contributed by atoms with Gasteiger partial charge in [0.2, 0.25) is 11.8 Å². The fourth-order valence-electron chi connectivity index (χ4n) is 3.79. The molecule has 2 amide bonds. The van der Waals surface area contributed by atoms with Crippen LogP contribution in [0.1, 0.15) is 35.2 Å². The third kappa shape index (κ3) is 4.76. The number of rotatable bonds is 7. The van der Waals surface area contributed by atoms with Crippen molar-refractivity contribution in [3.63, 3.8) is 0 Å². The molecule has 1 saturated heterocycles. The van der Waals surface area contributed by atoms with E-state index in [0.717, 1.165) is 22.0 Å². The molecule has 0 aromatic heterocycles. The van der Waals surface area contributed by atoms with E-state index in [-0.39, 0.29) is 11.8 Å². The van der Waals surface area contributed by atoms with Gasteiger partial charge in [-0.2, -0.15) is 0 Å². The minimum absolute atomic E-state index is 0.00118. The van der Waals surface area contributed by atoms with Gasteiger partial charge >= 0.3 is 0 Å². The molecule has 1 aliphatic rings.